The van der Waals surface area contributed by atoms with Crippen molar-refractivity contribution in [3.63, 3.8) is 0 Å². The average molecular weight is 863 g/mol. The topological polar surface area (TPSA) is 85.4 Å². The van der Waals surface area contributed by atoms with Crippen LogP contribution in [-0.4, -0.2) is 80.4 Å². The van der Waals surface area contributed by atoms with Crippen molar-refractivity contribution in [3.8, 4) is 0 Å². The standard InChI is InChI=1S/C53H102N2O6/c1-7-13-17-21-23-27-37-48(35-25-19-15-9-3)50(56)59-44-31-29-39-53(41-33-43-55(47-53)52(58)61-46-34-42-54(11-5)12-6)40-30-32-45-60-51(57)49(36-26-20-16-10-4)38-28-24-22-18-14-8-2/h48-49H,7-47H2,1-6H3. The summed E-state index contributed by atoms with van der Waals surface area (Å²) in [7, 11) is 0. The van der Waals surface area contributed by atoms with Crippen LogP contribution in [0.2, 0.25) is 0 Å². The number of hydrogen-bond acceptors (Lipinski definition) is 7. The molecule has 0 aromatic rings. The zero-order valence-electron chi connectivity index (χ0n) is 41.5. The second kappa shape index (κ2) is 39.7. The number of amides is 1. The number of carbonyl (C=O) groups is 3. The Morgan fingerprint density at radius 1 is 0.492 bits per heavy atom. The Morgan fingerprint density at radius 3 is 1.31 bits per heavy atom. The first-order valence-corrected chi connectivity index (χ1v) is 26.8. The van der Waals surface area contributed by atoms with E-state index < -0.39 is 0 Å². The van der Waals surface area contributed by atoms with Crippen LogP contribution in [0.25, 0.3) is 0 Å². The minimum absolute atomic E-state index is 0.00825. The van der Waals surface area contributed by atoms with Crippen molar-refractivity contribution in [2.45, 2.75) is 253 Å². The summed E-state index contributed by atoms with van der Waals surface area (Å²) in [4.78, 5) is 44.4. The van der Waals surface area contributed by atoms with Crippen LogP contribution in [-0.2, 0) is 23.8 Å². The van der Waals surface area contributed by atoms with E-state index in [4.69, 9.17) is 14.2 Å². The van der Waals surface area contributed by atoms with Crippen LogP contribution in [0.3, 0.4) is 0 Å². The molecule has 0 saturated carbocycles. The van der Waals surface area contributed by atoms with E-state index in [1.807, 2.05) is 4.90 Å². The van der Waals surface area contributed by atoms with E-state index in [1.165, 1.54) is 103 Å². The Kier molecular flexibility index (Phi) is 37.3. The van der Waals surface area contributed by atoms with Crippen molar-refractivity contribution in [2.75, 3.05) is 52.5 Å². The van der Waals surface area contributed by atoms with Crippen LogP contribution in [0.5, 0.6) is 0 Å². The molecule has 1 rings (SSSR count). The molecule has 8 nitrogen and oxygen atoms in total. The first-order valence-electron chi connectivity index (χ1n) is 26.8. The van der Waals surface area contributed by atoms with Crippen molar-refractivity contribution in [2.24, 2.45) is 17.3 Å². The van der Waals surface area contributed by atoms with E-state index >= 15 is 0 Å². The number of carbonyl (C=O) groups excluding carboxylic acids is 3. The number of unbranched alkanes of at least 4 members (excludes halogenated alkanes) is 18. The van der Waals surface area contributed by atoms with Crippen molar-refractivity contribution >= 4 is 18.0 Å². The molecule has 1 aliphatic rings. The highest BCUT2D eigenvalue weighted by molar-refractivity contribution is 5.72. The Hall–Kier alpha value is -1.83. The molecule has 0 aromatic carbocycles. The van der Waals surface area contributed by atoms with E-state index in [0.29, 0.717) is 26.4 Å². The van der Waals surface area contributed by atoms with Crippen LogP contribution in [0, 0.1) is 17.3 Å². The van der Waals surface area contributed by atoms with Gasteiger partial charge in [-0.15, -0.1) is 0 Å². The summed E-state index contributed by atoms with van der Waals surface area (Å²) >= 11 is 0. The summed E-state index contributed by atoms with van der Waals surface area (Å²) in [6.07, 6.45) is 36.5. The Labute approximate surface area is 378 Å². The Morgan fingerprint density at radius 2 is 0.885 bits per heavy atom. The maximum absolute atomic E-state index is 13.4. The van der Waals surface area contributed by atoms with Gasteiger partial charge in [0.05, 0.1) is 31.7 Å². The van der Waals surface area contributed by atoms with E-state index in [9.17, 15) is 14.4 Å². The number of piperidine rings is 1. The third kappa shape index (κ3) is 29.3. The van der Waals surface area contributed by atoms with Gasteiger partial charge in [-0.2, -0.15) is 0 Å². The largest absolute Gasteiger partial charge is 0.465 e. The first kappa shape index (κ1) is 57.2. The SMILES string of the molecule is CCCCCCCCC(CCCCCC)C(=O)OCCCCC1(CCCCOC(=O)C(CCCCCC)CCCCCCCC)CCCN(C(=O)OCCCN(CC)CC)C1. The highest BCUT2D eigenvalue weighted by atomic mass is 16.6. The van der Waals surface area contributed by atoms with Crippen LogP contribution in [0.15, 0.2) is 0 Å². The fraction of sp³-hybridized carbons (Fsp3) is 0.943. The summed E-state index contributed by atoms with van der Waals surface area (Å²) in [5, 5.41) is 0. The van der Waals surface area contributed by atoms with Gasteiger partial charge >= 0.3 is 18.0 Å². The number of hydrogen-bond donors (Lipinski definition) is 0. The Balaban J connectivity index is 2.81. The maximum Gasteiger partial charge on any atom is 0.409 e. The second-order valence-electron chi connectivity index (χ2n) is 19.0. The van der Waals surface area contributed by atoms with Gasteiger partial charge in [-0.05, 0) is 102 Å². The molecule has 2 atom stereocenters. The third-order valence-electron chi connectivity index (χ3n) is 13.6. The lowest BCUT2D eigenvalue weighted by molar-refractivity contribution is -0.150. The molecule has 0 radical (unpaired) electrons. The Bertz CT molecular complexity index is 980. The van der Waals surface area contributed by atoms with Gasteiger partial charge in [0.15, 0.2) is 0 Å². The van der Waals surface area contributed by atoms with Crippen molar-refractivity contribution in [1.82, 2.24) is 9.80 Å². The monoisotopic (exact) mass is 863 g/mol. The molecule has 2 unspecified atom stereocenters. The van der Waals surface area contributed by atoms with E-state index in [-0.39, 0.29) is 35.3 Å². The maximum atomic E-state index is 13.4. The quantitative estimate of drug-likeness (QED) is 0.0343. The summed E-state index contributed by atoms with van der Waals surface area (Å²) in [6.45, 7) is 19.1. The first-order chi connectivity index (χ1) is 29.8. The lowest BCUT2D eigenvalue weighted by Gasteiger charge is -2.43. The molecule has 0 spiro atoms. The van der Waals surface area contributed by atoms with Crippen molar-refractivity contribution in [3.05, 3.63) is 0 Å². The number of esters is 2. The lowest BCUT2D eigenvalue weighted by Crippen LogP contribution is -2.46. The predicted molar refractivity (Wildman–Crippen MR) is 257 cm³/mol. The molecule has 0 N–H and O–H groups in total. The molecule has 1 aliphatic heterocycles. The van der Waals surface area contributed by atoms with E-state index in [2.05, 4.69) is 46.4 Å². The van der Waals surface area contributed by atoms with Crippen molar-refractivity contribution in [1.29, 1.82) is 0 Å². The summed E-state index contributed by atoms with van der Waals surface area (Å²) in [5.41, 5.74) is -0.00825. The molecule has 1 heterocycles. The fourth-order valence-corrected chi connectivity index (χ4v) is 9.50. The zero-order valence-corrected chi connectivity index (χ0v) is 41.5. The summed E-state index contributed by atoms with van der Waals surface area (Å²) in [5.74, 6) is 0.0785. The lowest BCUT2D eigenvalue weighted by atomic mass is 9.72. The van der Waals surface area contributed by atoms with Crippen LogP contribution in [0.4, 0.5) is 4.79 Å². The predicted octanol–water partition coefficient (Wildman–Crippen LogP) is 15.0. The molecule has 0 bridgehead atoms. The number of ether oxygens (including phenoxy) is 3. The van der Waals surface area contributed by atoms with Gasteiger partial charge in [0, 0.05) is 19.6 Å². The van der Waals surface area contributed by atoms with E-state index in [1.54, 1.807) is 0 Å². The third-order valence-corrected chi connectivity index (χ3v) is 13.6. The fourth-order valence-electron chi connectivity index (χ4n) is 9.50. The molecule has 1 saturated heterocycles. The molecule has 0 aromatic heterocycles. The smallest absolute Gasteiger partial charge is 0.409 e. The molecule has 0 aliphatic carbocycles. The summed E-state index contributed by atoms with van der Waals surface area (Å²) < 4.78 is 17.8. The molecule has 1 amide bonds. The van der Waals surface area contributed by atoms with Gasteiger partial charge in [-0.1, -0.05) is 170 Å². The second-order valence-corrected chi connectivity index (χ2v) is 19.0. The van der Waals surface area contributed by atoms with Gasteiger partial charge in [-0.25, -0.2) is 4.79 Å². The number of rotatable bonds is 42. The summed E-state index contributed by atoms with van der Waals surface area (Å²) in [6, 6.07) is 0. The van der Waals surface area contributed by atoms with Gasteiger partial charge in [0.25, 0.3) is 0 Å². The van der Waals surface area contributed by atoms with Gasteiger partial charge in [-0.3, -0.25) is 9.59 Å². The van der Waals surface area contributed by atoms with Gasteiger partial charge in [0.1, 0.15) is 0 Å². The van der Waals surface area contributed by atoms with Gasteiger partial charge in [0.2, 0.25) is 0 Å². The highest BCUT2D eigenvalue weighted by Gasteiger charge is 2.37. The van der Waals surface area contributed by atoms with E-state index in [0.717, 1.165) is 135 Å². The van der Waals surface area contributed by atoms with Crippen molar-refractivity contribution < 1.29 is 28.6 Å². The normalized spacial score (nSPS) is 16.5. The molecule has 1 fully saturated rings. The number of nitrogens with zero attached hydrogens (tertiary/aromatic N) is 2. The average Bonchev–Trinajstić information content (AvgIpc) is 3.27. The minimum Gasteiger partial charge on any atom is -0.465 e. The molecule has 61 heavy (non-hydrogen) atoms. The van der Waals surface area contributed by atoms with Crippen LogP contribution in [0.1, 0.15) is 253 Å². The highest BCUT2D eigenvalue weighted by Crippen LogP contribution is 2.40. The minimum atomic E-state index is -0.183. The number of likely N-dealkylation sites (tertiary alicyclic amines) is 1. The van der Waals surface area contributed by atoms with Crippen LogP contribution < -0.4 is 0 Å². The molecule has 360 valence electrons. The molecular formula is C53H102N2O6. The molecular weight excluding hydrogens is 761 g/mol. The van der Waals surface area contributed by atoms with Crippen LogP contribution >= 0.6 is 0 Å². The zero-order chi connectivity index (χ0) is 44.7. The molecule has 8 heteroatoms. The van der Waals surface area contributed by atoms with Gasteiger partial charge < -0.3 is 24.0 Å².